The van der Waals surface area contributed by atoms with E-state index in [1.165, 1.54) is 11.3 Å². The van der Waals surface area contributed by atoms with Crippen molar-refractivity contribution in [1.29, 1.82) is 0 Å². The van der Waals surface area contributed by atoms with Crippen LogP contribution >= 0.6 is 23.2 Å². The van der Waals surface area contributed by atoms with Crippen molar-refractivity contribution in [1.82, 2.24) is 9.47 Å². The molecule has 0 atom stereocenters. The van der Waals surface area contributed by atoms with Gasteiger partial charge in [-0.15, -0.1) is 0 Å². The molecular formula is C30H28Cl2F3N3. The topological polar surface area (TPSA) is 11.4 Å². The lowest BCUT2D eigenvalue weighted by atomic mass is 10.1. The average Bonchev–Trinajstić information content (AvgIpc) is 3.27. The average molecular weight is 558 g/mol. The Bertz CT molecular complexity index is 1370. The fraction of sp³-hybridized carbons (Fsp3) is 0.267. The molecule has 1 saturated heterocycles. The van der Waals surface area contributed by atoms with Gasteiger partial charge >= 0.3 is 6.18 Å². The minimum absolute atomic E-state index is 0.617. The Morgan fingerprint density at radius 2 is 1.29 bits per heavy atom. The maximum absolute atomic E-state index is 12.9. The Balaban J connectivity index is 1.38. The molecule has 0 amide bonds. The lowest BCUT2D eigenvalue weighted by Gasteiger charge is -2.36. The molecule has 4 aromatic rings. The van der Waals surface area contributed by atoms with Gasteiger partial charge in [0.25, 0.3) is 0 Å². The van der Waals surface area contributed by atoms with Gasteiger partial charge in [0.05, 0.1) is 11.3 Å². The molecule has 0 unspecified atom stereocenters. The first-order chi connectivity index (χ1) is 18.2. The van der Waals surface area contributed by atoms with Crippen LogP contribution < -0.4 is 4.90 Å². The summed E-state index contributed by atoms with van der Waals surface area (Å²) in [7, 11) is 0. The molecule has 0 bridgehead atoms. The zero-order valence-corrected chi connectivity index (χ0v) is 22.5. The molecule has 0 saturated carbocycles. The zero-order chi connectivity index (χ0) is 26.9. The Hall–Kier alpha value is -2.93. The predicted molar refractivity (Wildman–Crippen MR) is 150 cm³/mol. The van der Waals surface area contributed by atoms with Gasteiger partial charge in [0.1, 0.15) is 0 Å². The maximum Gasteiger partial charge on any atom is 0.416 e. The third-order valence-electron chi connectivity index (χ3n) is 7.08. The van der Waals surface area contributed by atoms with Gasteiger partial charge in [-0.05, 0) is 84.3 Å². The van der Waals surface area contributed by atoms with E-state index in [-0.39, 0.29) is 0 Å². The van der Waals surface area contributed by atoms with Gasteiger partial charge in [-0.2, -0.15) is 13.2 Å². The van der Waals surface area contributed by atoms with Gasteiger partial charge in [-0.3, -0.25) is 4.90 Å². The third-order valence-corrected chi connectivity index (χ3v) is 7.58. The van der Waals surface area contributed by atoms with Gasteiger partial charge in [-0.25, -0.2) is 0 Å². The molecule has 0 N–H and O–H groups in total. The van der Waals surface area contributed by atoms with E-state index < -0.39 is 11.7 Å². The second kappa shape index (κ2) is 11.0. The van der Waals surface area contributed by atoms with Crippen LogP contribution in [0.2, 0.25) is 10.0 Å². The Morgan fingerprint density at radius 3 is 1.84 bits per heavy atom. The van der Waals surface area contributed by atoms with Crippen molar-refractivity contribution in [2.45, 2.75) is 26.1 Å². The molecule has 0 spiro atoms. The minimum Gasteiger partial charge on any atom is -0.369 e. The number of hydrogen-bond donors (Lipinski definition) is 0. The number of rotatable bonds is 6. The number of aromatic nitrogens is 1. The molecule has 0 aliphatic carbocycles. The van der Waals surface area contributed by atoms with Crippen LogP contribution in [0.5, 0.6) is 0 Å². The highest BCUT2D eigenvalue weighted by molar-refractivity contribution is 6.30. The Labute approximate surface area is 231 Å². The first kappa shape index (κ1) is 26.7. The van der Waals surface area contributed by atoms with Crippen LogP contribution in [0.15, 0.2) is 78.9 Å². The van der Waals surface area contributed by atoms with E-state index in [0.717, 1.165) is 73.9 Å². The fourth-order valence-corrected chi connectivity index (χ4v) is 5.36. The monoisotopic (exact) mass is 557 g/mol. The van der Waals surface area contributed by atoms with Gasteiger partial charge in [0.15, 0.2) is 0 Å². The Kier molecular flexibility index (Phi) is 7.75. The van der Waals surface area contributed by atoms with E-state index in [1.54, 1.807) is 12.1 Å². The highest BCUT2D eigenvalue weighted by Gasteiger charge is 2.30. The van der Waals surface area contributed by atoms with Crippen molar-refractivity contribution in [3.05, 3.63) is 106 Å². The summed E-state index contributed by atoms with van der Waals surface area (Å²) in [6, 6.07) is 23.5. The van der Waals surface area contributed by atoms with E-state index >= 15 is 0 Å². The third kappa shape index (κ3) is 5.73. The largest absolute Gasteiger partial charge is 0.416 e. The van der Waals surface area contributed by atoms with Gasteiger partial charge in [0.2, 0.25) is 0 Å². The van der Waals surface area contributed by atoms with E-state index in [4.69, 9.17) is 23.2 Å². The minimum atomic E-state index is -4.32. The summed E-state index contributed by atoms with van der Waals surface area (Å²) in [5.41, 5.74) is 5.93. The number of alkyl halides is 3. The van der Waals surface area contributed by atoms with E-state index in [1.807, 2.05) is 48.5 Å². The lowest BCUT2D eigenvalue weighted by Crippen LogP contribution is -2.46. The molecular weight excluding hydrogens is 530 g/mol. The SMILES string of the molecule is CCc1c(CN2CCN(c3ccc(C(F)(F)F)cc3)CC2)cc(-c2ccc(Cl)cc2)n1-c1ccc(Cl)cc1. The van der Waals surface area contributed by atoms with Crippen LogP contribution in [0.1, 0.15) is 23.7 Å². The standard InChI is InChI=1S/C30H28Cl2F3N3/c1-2-28-22(20-36-15-17-37(18-16-36)26-11-5-23(6-12-26)30(33,34)35)19-29(21-3-7-24(31)8-4-21)38(28)27-13-9-25(32)10-14-27/h3-14,19H,2,15-18,20H2,1H3. The van der Waals surface area contributed by atoms with Crippen LogP contribution in [-0.2, 0) is 19.1 Å². The molecule has 8 heteroatoms. The van der Waals surface area contributed by atoms with Crippen molar-refractivity contribution in [2.75, 3.05) is 31.1 Å². The highest BCUT2D eigenvalue weighted by Crippen LogP contribution is 2.33. The smallest absolute Gasteiger partial charge is 0.369 e. The second-order valence-electron chi connectivity index (χ2n) is 9.48. The first-order valence-electron chi connectivity index (χ1n) is 12.6. The van der Waals surface area contributed by atoms with Crippen LogP contribution in [0.3, 0.4) is 0 Å². The molecule has 1 aliphatic heterocycles. The number of piperazine rings is 1. The van der Waals surface area contributed by atoms with E-state index in [0.29, 0.717) is 10.0 Å². The van der Waals surface area contributed by atoms with Gasteiger partial charge < -0.3 is 9.47 Å². The number of benzene rings is 3. The normalized spacial score (nSPS) is 14.7. The maximum atomic E-state index is 12.9. The summed E-state index contributed by atoms with van der Waals surface area (Å²) < 4.78 is 41.1. The molecule has 1 aliphatic rings. The molecule has 38 heavy (non-hydrogen) atoms. The second-order valence-corrected chi connectivity index (χ2v) is 10.4. The number of anilines is 1. The van der Waals surface area contributed by atoms with E-state index in [9.17, 15) is 13.2 Å². The zero-order valence-electron chi connectivity index (χ0n) is 21.0. The molecule has 5 rings (SSSR count). The summed E-state index contributed by atoms with van der Waals surface area (Å²) in [6.07, 6.45) is -3.46. The highest BCUT2D eigenvalue weighted by atomic mass is 35.5. The first-order valence-corrected chi connectivity index (χ1v) is 13.4. The molecule has 198 valence electrons. The van der Waals surface area contributed by atoms with Crippen LogP contribution in [0.4, 0.5) is 18.9 Å². The van der Waals surface area contributed by atoms with Gasteiger partial charge in [0, 0.05) is 59.8 Å². The van der Waals surface area contributed by atoms with Gasteiger partial charge in [-0.1, -0.05) is 42.3 Å². The predicted octanol–water partition coefficient (Wildman–Crippen LogP) is 8.35. The molecule has 0 radical (unpaired) electrons. The molecule has 2 heterocycles. The van der Waals surface area contributed by atoms with Crippen molar-refractivity contribution in [3.8, 4) is 16.9 Å². The summed E-state index contributed by atoms with van der Waals surface area (Å²) in [4.78, 5) is 4.56. The van der Waals surface area contributed by atoms with Crippen LogP contribution in [0, 0.1) is 0 Å². The van der Waals surface area contributed by atoms with Crippen LogP contribution in [0.25, 0.3) is 16.9 Å². The molecule has 1 aromatic heterocycles. The molecule has 3 aromatic carbocycles. The number of halogens is 5. The number of nitrogens with zero attached hydrogens (tertiary/aromatic N) is 3. The fourth-order valence-electron chi connectivity index (χ4n) is 5.11. The summed E-state index contributed by atoms with van der Waals surface area (Å²) >= 11 is 12.3. The van der Waals surface area contributed by atoms with Crippen molar-refractivity contribution < 1.29 is 13.2 Å². The summed E-state index contributed by atoms with van der Waals surface area (Å²) in [5, 5.41) is 1.39. The summed E-state index contributed by atoms with van der Waals surface area (Å²) in [6.45, 7) is 6.13. The lowest BCUT2D eigenvalue weighted by molar-refractivity contribution is -0.137. The summed E-state index contributed by atoms with van der Waals surface area (Å²) in [5.74, 6) is 0. The molecule has 1 fully saturated rings. The van der Waals surface area contributed by atoms with E-state index in [2.05, 4.69) is 27.4 Å². The van der Waals surface area contributed by atoms with Crippen molar-refractivity contribution in [3.63, 3.8) is 0 Å². The van der Waals surface area contributed by atoms with Crippen molar-refractivity contribution >= 4 is 28.9 Å². The molecule has 3 nitrogen and oxygen atoms in total. The number of hydrogen-bond acceptors (Lipinski definition) is 2. The quantitative estimate of drug-likeness (QED) is 0.236. The van der Waals surface area contributed by atoms with Crippen LogP contribution in [-0.4, -0.2) is 35.6 Å². The van der Waals surface area contributed by atoms with Crippen molar-refractivity contribution in [2.24, 2.45) is 0 Å². The Morgan fingerprint density at radius 1 is 0.737 bits per heavy atom.